The summed E-state index contributed by atoms with van der Waals surface area (Å²) < 4.78 is 5.75. The summed E-state index contributed by atoms with van der Waals surface area (Å²) in [7, 11) is 0. The van der Waals surface area contributed by atoms with Crippen LogP contribution in [0.25, 0.3) is 0 Å². The van der Waals surface area contributed by atoms with Crippen LogP contribution in [-0.4, -0.2) is 32.3 Å². The van der Waals surface area contributed by atoms with Crippen LogP contribution in [0.2, 0.25) is 5.02 Å². The molecule has 1 aromatic carbocycles. The van der Waals surface area contributed by atoms with Crippen molar-refractivity contribution in [1.82, 2.24) is 5.32 Å². The Labute approximate surface area is 133 Å². The summed E-state index contributed by atoms with van der Waals surface area (Å²) in [5, 5.41) is 4.25. The standard InChI is InChI=1S/C17H27ClN2O/c1-4-19-13(3)14-8-9-17(16(18)11-14)20(5-2)12-15-7-6-10-21-15/h8-9,11,13,15,19H,4-7,10,12H2,1-3H3. The molecule has 118 valence electrons. The van der Waals surface area contributed by atoms with Gasteiger partial charge in [0, 0.05) is 25.7 Å². The number of anilines is 1. The number of likely N-dealkylation sites (N-methyl/N-ethyl adjacent to an activating group) is 1. The fourth-order valence-electron chi connectivity index (χ4n) is 2.90. The van der Waals surface area contributed by atoms with Crippen molar-refractivity contribution in [2.45, 2.75) is 45.8 Å². The minimum Gasteiger partial charge on any atom is -0.376 e. The number of benzene rings is 1. The average molecular weight is 311 g/mol. The summed E-state index contributed by atoms with van der Waals surface area (Å²) in [5.41, 5.74) is 2.35. The summed E-state index contributed by atoms with van der Waals surface area (Å²) >= 11 is 6.52. The first-order chi connectivity index (χ1) is 10.2. The third-order valence-electron chi connectivity index (χ3n) is 4.15. The van der Waals surface area contributed by atoms with E-state index in [0.29, 0.717) is 12.1 Å². The maximum atomic E-state index is 6.52. The second-order valence-electron chi connectivity index (χ2n) is 5.66. The quantitative estimate of drug-likeness (QED) is 0.823. The van der Waals surface area contributed by atoms with Gasteiger partial charge in [0.25, 0.3) is 0 Å². The van der Waals surface area contributed by atoms with Gasteiger partial charge in [0.2, 0.25) is 0 Å². The van der Waals surface area contributed by atoms with E-state index in [2.05, 4.69) is 49.2 Å². The number of nitrogens with zero attached hydrogens (tertiary/aromatic N) is 1. The van der Waals surface area contributed by atoms with E-state index in [-0.39, 0.29) is 0 Å². The molecule has 1 aromatic rings. The Morgan fingerprint density at radius 3 is 2.81 bits per heavy atom. The summed E-state index contributed by atoms with van der Waals surface area (Å²) in [6, 6.07) is 6.73. The van der Waals surface area contributed by atoms with Crippen molar-refractivity contribution in [2.24, 2.45) is 0 Å². The molecule has 1 aliphatic rings. The van der Waals surface area contributed by atoms with Crippen LogP contribution in [-0.2, 0) is 4.74 Å². The molecule has 0 aliphatic carbocycles. The van der Waals surface area contributed by atoms with Crippen molar-refractivity contribution in [1.29, 1.82) is 0 Å². The Morgan fingerprint density at radius 2 is 2.24 bits per heavy atom. The van der Waals surface area contributed by atoms with Crippen molar-refractivity contribution in [3.63, 3.8) is 0 Å². The Bertz CT molecular complexity index is 446. The SMILES string of the molecule is CCNC(C)c1ccc(N(CC)CC2CCCO2)c(Cl)c1. The smallest absolute Gasteiger partial charge is 0.0750 e. The molecule has 3 nitrogen and oxygen atoms in total. The molecular weight excluding hydrogens is 284 g/mol. The van der Waals surface area contributed by atoms with E-state index < -0.39 is 0 Å². The molecule has 1 N–H and O–H groups in total. The maximum absolute atomic E-state index is 6.52. The Morgan fingerprint density at radius 1 is 1.43 bits per heavy atom. The van der Waals surface area contributed by atoms with Gasteiger partial charge < -0.3 is 15.0 Å². The van der Waals surface area contributed by atoms with Crippen LogP contribution in [0.5, 0.6) is 0 Å². The van der Waals surface area contributed by atoms with Crippen LogP contribution in [0.15, 0.2) is 18.2 Å². The van der Waals surface area contributed by atoms with E-state index in [1.54, 1.807) is 0 Å². The topological polar surface area (TPSA) is 24.5 Å². The second-order valence-corrected chi connectivity index (χ2v) is 6.07. The van der Waals surface area contributed by atoms with Gasteiger partial charge in [-0.2, -0.15) is 0 Å². The zero-order chi connectivity index (χ0) is 15.2. The number of halogens is 1. The maximum Gasteiger partial charge on any atom is 0.0750 e. The summed E-state index contributed by atoms with van der Waals surface area (Å²) in [6.45, 7) is 10.2. The highest BCUT2D eigenvalue weighted by molar-refractivity contribution is 6.33. The van der Waals surface area contributed by atoms with Crippen LogP contribution < -0.4 is 10.2 Å². The van der Waals surface area contributed by atoms with Gasteiger partial charge in [0.05, 0.1) is 16.8 Å². The molecule has 2 unspecified atom stereocenters. The highest BCUT2D eigenvalue weighted by Gasteiger charge is 2.20. The predicted molar refractivity (Wildman–Crippen MR) is 90.4 cm³/mol. The molecule has 0 saturated carbocycles. The minimum absolute atomic E-state index is 0.329. The average Bonchev–Trinajstić information content (AvgIpc) is 2.98. The molecule has 1 saturated heterocycles. The van der Waals surface area contributed by atoms with E-state index in [9.17, 15) is 0 Å². The lowest BCUT2D eigenvalue weighted by atomic mass is 10.1. The van der Waals surface area contributed by atoms with Gasteiger partial charge in [0.1, 0.15) is 0 Å². The van der Waals surface area contributed by atoms with Gasteiger partial charge in [-0.1, -0.05) is 24.6 Å². The Kier molecular flexibility index (Phi) is 6.34. The van der Waals surface area contributed by atoms with E-state index in [1.807, 2.05) is 0 Å². The van der Waals surface area contributed by atoms with Crippen LogP contribution in [0.3, 0.4) is 0 Å². The van der Waals surface area contributed by atoms with Crippen molar-refractivity contribution >= 4 is 17.3 Å². The van der Waals surface area contributed by atoms with Gasteiger partial charge in [-0.05, 0) is 50.9 Å². The normalized spacial score (nSPS) is 19.7. The van der Waals surface area contributed by atoms with Gasteiger partial charge in [0.15, 0.2) is 0 Å². The number of nitrogens with one attached hydrogen (secondary N) is 1. The largest absolute Gasteiger partial charge is 0.376 e. The second kappa shape index (κ2) is 8.02. The van der Waals surface area contributed by atoms with Gasteiger partial charge >= 0.3 is 0 Å². The highest BCUT2D eigenvalue weighted by atomic mass is 35.5. The zero-order valence-electron chi connectivity index (χ0n) is 13.4. The first-order valence-corrected chi connectivity index (χ1v) is 8.42. The van der Waals surface area contributed by atoms with E-state index in [0.717, 1.165) is 43.4 Å². The van der Waals surface area contributed by atoms with Crippen molar-refractivity contribution in [3.05, 3.63) is 28.8 Å². The number of hydrogen-bond donors (Lipinski definition) is 1. The number of ether oxygens (including phenoxy) is 1. The fourth-order valence-corrected chi connectivity index (χ4v) is 3.21. The van der Waals surface area contributed by atoms with Crippen molar-refractivity contribution < 1.29 is 4.74 Å². The van der Waals surface area contributed by atoms with Crippen LogP contribution >= 0.6 is 11.6 Å². The Balaban J connectivity index is 2.10. The summed E-state index contributed by atoms with van der Waals surface area (Å²) in [5.74, 6) is 0. The third-order valence-corrected chi connectivity index (χ3v) is 4.46. The molecule has 0 aromatic heterocycles. The first-order valence-electron chi connectivity index (χ1n) is 8.05. The highest BCUT2D eigenvalue weighted by Crippen LogP contribution is 2.30. The van der Waals surface area contributed by atoms with Gasteiger partial charge in [-0.25, -0.2) is 0 Å². The number of hydrogen-bond acceptors (Lipinski definition) is 3. The third kappa shape index (κ3) is 4.35. The van der Waals surface area contributed by atoms with E-state index >= 15 is 0 Å². The summed E-state index contributed by atoms with van der Waals surface area (Å²) in [4.78, 5) is 2.32. The molecule has 1 heterocycles. The lowest BCUT2D eigenvalue weighted by Crippen LogP contribution is -2.32. The summed E-state index contributed by atoms with van der Waals surface area (Å²) in [6.07, 6.45) is 2.68. The van der Waals surface area contributed by atoms with E-state index in [4.69, 9.17) is 16.3 Å². The fraction of sp³-hybridized carbons (Fsp3) is 0.647. The molecule has 0 spiro atoms. The van der Waals surface area contributed by atoms with Crippen molar-refractivity contribution in [3.8, 4) is 0 Å². The molecule has 0 bridgehead atoms. The molecule has 0 radical (unpaired) electrons. The molecular formula is C17H27ClN2O. The van der Waals surface area contributed by atoms with Gasteiger partial charge in [-0.3, -0.25) is 0 Å². The zero-order valence-corrected chi connectivity index (χ0v) is 14.1. The van der Waals surface area contributed by atoms with Crippen LogP contribution in [0.1, 0.15) is 45.2 Å². The molecule has 1 fully saturated rings. The molecule has 2 rings (SSSR count). The van der Waals surface area contributed by atoms with E-state index in [1.165, 1.54) is 12.0 Å². The molecule has 1 aliphatic heterocycles. The molecule has 4 heteroatoms. The molecule has 2 atom stereocenters. The first kappa shape index (κ1) is 16.6. The number of rotatable bonds is 7. The minimum atomic E-state index is 0.329. The monoisotopic (exact) mass is 310 g/mol. The van der Waals surface area contributed by atoms with Crippen LogP contribution in [0, 0.1) is 0 Å². The van der Waals surface area contributed by atoms with Crippen LogP contribution in [0.4, 0.5) is 5.69 Å². The molecule has 21 heavy (non-hydrogen) atoms. The van der Waals surface area contributed by atoms with Crippen molar-refractivity contribution in [2.75, 3.05) is 31.1 Å². The lowest BCUT2D eigenvalue weighted by Gasteiger charge is -2.27. The Hall–Kier alpha value is -0.770. The molecule has 0 amide bonds. The lowest BCUT2D eigenvalue weighted by molar-refractivity contribution is 0.115. The predicted octanol–water partition coefficient (Wildman–Crippen LogP) is 4.02. The van der Waals surface area contributed by atoms with Gasteiger partial charge in [-0.15, -0.1) is 0 Å².